The van der Waals surface area contributed by atoms with Crippen LogP contribution in [0.5, 0.6) is 0 Å². The van der Waals surface area contributed by atoms with Gasteiger partial charge in [-0.15, -0.1) is 0 Å². The highest BCUT2D eigenvalue weighted by Gasteiger charge is 2.60. The van der Waals surface area contributed by atoms with Crippen LogP contribution in [0.25, 0.3) is 0 Å². The molecule has 8 nitrogen and oxygen atoms in total. The lowest BCUT2D eigenvalue weighted by Crippen LogP contribution is -2.67. The maximum atomic E-state index is 10.4. The molecule has 0 saturated carbocycles. The molecule has 0 unspecified atom stereocenters. The molecule has 0 spiro atoms. The first-order valence-corrected chi connectivity index (χ1v) is 5.58. The van der Waals surface area contributed by atoms with E-state index in [4.69, 9.17) is 14.6 Å². The van der Waals surface area contributed by atoms with Crippen LogP contribution in [-0.4, -0.2) is 86.1 Å². The molecule has 2 heterocycles. The summed E-state index contributed by atoms with van der Waals surface area (Å²) in [4.78, 5) is 0. The van der Waals surface area contributed by atoms with Crippen molar-refractivity contribution in [2.45, 2.75) is 42.2 Å². The van der Waals surface area contributed by atoms with E-state index in [1.54, 1.807) is 0 Å². The van der Waals surface area contributed by atoms with Gasteiger partial charge in [-0.3, -0.25) is 0 Å². The zero-order valence-electron chi connectivity index (χ0n) is 9.46. The summed E-state index contributed by atoms with van der Waals surface area (Å²) in [7, 11) is 0. The third-order valence-electron chi connectivity index (χ3n) is 3.48. The molecule has 0 aromatic rings. The minimum atomic E-state index is -2.09. The number of rotatable bonds is 2. The van der Waals surface area contributed by atoms with Gasteiger partial charge in [-0.05, 0) is 0 Å². The van der Waals surface area contributed by atoms with Crippen molar-refractivity contribution in [2.24, 2.45) is 0 Å². The second kappa shape index (κ2) is 4.99. The van der Waals surface area contributed by atoms with E-state index in [1.807, 2.05) is 0 Å². The van der Waals surface area contributed by atoms with Crippen LogP contribution in [0.3, 0.4) is 0 Å². The van der Waals surface area contributed by atoms with Gasteiger partial charge in [0.15, 0.2) is 0 Å². The van der Waals surface area contributed by atoms with Crippen LogP contribution in [0.1, 0.15) is 0 Å². The number of ether oxygens (including phenoxy) is 2. The largest absolute Gasteiger partial charge is 0.394 e. The van der Waals surface area contributed by atoms with Gasteiger partial charge in [0.1, 0.15) is 48.8 Å². The summed E-state index contributed by atoms with van der Waals surface area (Å²) in [6, 6.07) is 0. The molecule has 8 heteroatoms. The Morgan fingerprint density at radius 2 is 1.83 bits per heavy atom. The summed E-state index contributed by atoms with van der Waals surface area (Å²) in [6.45, 7) is 0.0136. The molecule has 0 aliphatic carbocycles. The molecule has 105 valence electrons. The van der Waals surface area contributed by atoms with E-state index in [-0.39, 0.29) is 6.61 Å². The number of hydrogen-bond acceptors (Lipinski definition) is 8. The first-order chi connectivity index (χ1) is 8.42. The van der Waals surface area contributed by atoms with E-state index >= 15 is 0 Å². The smallest absolute Gasteiger partial charge is 0.150 e. The van der Waals surface area contributed by atoms with E-state index in [0.29, 0.717) is 0 Å². The molecule has 2 aliphatic heterocycles. The van der Waals surface area contributed by atoms with Gasteiger partial charge in [0.2, 0.25) is 0 Å². The molecule has 7 atom stereocenters. The van der Waals surface area contributed by atoms with Crippen molar-refractivity contribution in [3.63, 3.8) is 0 Å². The van der Waals surface area contributed by atoms with Crippen LogP contribution < -0.4 is 0 Å². The molecule has 1 radical (unpaired) electrons. The molecule has 6 N–H and O–H groups in total. The van der Waals surface area contributed by atoms with Crippen LogP contribution in [0.2, 0.25) is 0 Å². The summed E-state index contributed by atoms with van der Waals surface area (Å²) in [5.74, 6) is 0. The van der Waals surface area contributed by atoms with E-state index < -0.39 is 48.8 Å². The highest BCUT2D eigenvalue weighted by atomic mass is 16.6. The fourth-order valence-electron chi connectivity index (χ4n) is 2.33. The van der Waals surface area contributed by atoms with Crippen molar-refractivity contribution in [3.05, 3.63) is 6.61 Å². The molecule has 2 fully saturated rings. The highest BCUT2D eigenvalue weighted by molar-refractivity contribution is 5.12. The second-order valence-electron chi connectivity index (χ2n) is 4.58. The fourth-order valence-corrected chi connectivity index (χ4v) is 2.33. The van der Waals surface area contributed by atoms with Crippen molar-refractivity contribution in [1.82, 2.24) is 0 Å². The van der Waals surface area contributed by atoms with Gasteiger partial charge in [-0.2, -0.15) is 0 Å². The monoisotopic (exact) mass is 265 g/mol. The van der Waals surface area contributed by atoms with Crippen molar-refractivity contribution in [3.8, 4) is 0 Å². The van der Waals surface area contributed by atoms with Crippen molar-refractivity contribution >= 4 is 0 Å². The lowest BCUT2D eigenvalue weighted by atomic mass is 9.81. The SMILES string of the molecule is OC[C@H]1O[CH][C@@H](O)[C@@]1(O)[C@@H]1OC[C@@H](O)[C@@H](O)[C@@H]1O. The third-order valence-corrected chi connectivity index (χ3v) is 3.48. The van der Waals surface area contributed by atoms with E-state index in [2.05, 4.69) is 0 Å². The van der Waals surface area contributed by atoms with Gasteiger partial charge < -0.3 is 40.1 Å². The third kappa shape index (κ3) is 1.95. The van der Waals surface area contributed by atoms with Crippen LogP contribution in [0, 0.1) is 6.61 Å². The van der Waals surface area contributed by atoms with Crippen molar-refractivity contribution in [2.75, 3.05) is 13.2 Å². The number of aliphatic hydroxyl groups is 6. The Bertz CT molecular complexity index is 300. The van der Waals surface area contributed by atoms with E-state index in [1.165, 1.54) is 0 Å². The average Bonchev–Trinajstić information content (AvgIpc) is 2.63. The minimum absolute atomic E-state index is 0.309. The summed E-state index contributed by atoms with van der Waals surface area (Å²) in [6.07, 6.45) is -8.47. The molecule has 0 amide bonds. The summed E-state index contributed by atoms with van der Waals surface area (Å²) in [5.41, 5.74) is -2.09. The molecule has 0 bridgehead atoms. The highest BCUT2D eigenvalue weighted by Crippen LogP contribution is 2.37. The topological polar surface area (TPSA) is 140 Å². The Balaban J connectivity index is 2.23. The first kappa shape index (κ1) is 14.1. The summed E-state index contributed by atoms with van der Waals surface area (Å²) < 4.78 is 9.96. The average molecular weight is 265 g/mol. The Labute approximate surface area is 103 Å². The molecule has 0 aromatic heterocycles. The van der Waals surface area contributed by atoms with Gasteiger partial charge in [0.25, 0.3) is 0 Å². The lowest BCUT2D eigenvalue weighted by Gasteiger charge is -2.44. The summed E-state index contributed by atoms with van der Waals surface area (Å²) >= 11 is 0. The molecule has 2 rings (SSSR count). The molecular weight excluding hydrogens is 248 g/mol. The van der Waals surface area contributed by atoms with Crippen molar-refractivity contribution in [1.29, 1.82) is 0 Å². The van der Waals surface area contributed by atoms with E-state index in [0.717, 1.165) is 6.61 Å². The molecule has 2 aliphatic rings. The van der Waals surface area contributed by atoms with Crippen LogP contribution in [0.4, 0.5) is 0 Å². The van der Waals surface area contributed by atoms with Gasteiger partial charge in [-0.25, -0.2) is 0 Å². The minimum Gasteiger partial charge on any atom is -0.394 e. The number of hydrogen-bond donors (Lipinski definition) is 6. The predicted octanol–water partition coefficient (Wildman–Crippen LogP) is -3.89. The van der Waals surface area contributed by atoms with E-state index in [9.17, 15) is 25.5 Å². The van der Waals surface area contributed by atoms with Crippen LogP contribution >= 0.6 is 0 Å². The van der Waals surface area contributed by atoms with Gasteiger partial charge in [0, 0.05) is 0 Å². The fraction of sp³-hybridized carbons (Fsp3) is 0.900. The number of aliphatic hydroxyl groups excluding tert-OH is 5. The van der Waals surface area contributed by atoms with Gasteiger partial charge in [-0.1, -0.05) is 0 Å². The Morgan fingerprint density at radius 1 is 1.17 bits per heavy atom. The molecule has 2 saturated heterocycles. The molecule has 18 heavy (non-hydrogen) atoms. The standard InChI is InChI=1S/C10H17O8/c11-1-6-10(16,5(13)3-17-6)9-8(15)7(14)4(12)2-18-9/h3-9,11-16H,1-2H2/t4-,5-,6-,7-,8+,9-,10+/m1/s1. The zero-order valence-corrected chi connectivity index (χ0v) is 9.46. The maximum Gasteiger partial charge on any atom is 0.150 e. The van der Waals surface area contributed by atoms with Crippen molar-refractivity contribution < 1.29 is 40.1 Å². The van der Waals surface area contributed by atoms with Crippen LogP contribution in [-0.2, 0) is 9.47 Å². The lowest BCUT2D eigenvalue weighted by molar-refractivity contribution is -0.260. The Hall–Kier alpha value is -0.320. The maximum absolute atomic E-state index is 10.4. The first-order valence-electron chi connectivity index (χ1n) is 5.58. The van der Waals surface area contributed by atoms with Gasteiger partial charge in [0.05, 0.1) is 13.2 Å². The second-order valence-corrected chi connectivity index (χ2v) is 4.58. The Morgan fingerprint density at radius 3 is 2.44 bits per heavy atom. The predicted molar refractivity (Wildman–Crippen MR) is 55.0 cm³/mol. The van der Waals surface area contributed by atoms with Gasteiger partial charge >= 0.3 is 0 Å². The normalized spacial score (nSPS) is 53.7. The summed E-state index contributed by atoms with van der Waals surface area (Å²) in [5, 5.41) is 57.8. The Kier molecular flexibility index (Phi) is 3.90. The van der Waals surface area contributed by atoms with Crippen LogP contribution in [0.15, 0.2) is 0 Å². The molecular formula is C10H17O8. The quantitative estimate of drug-likeness (QED) is 0.298. The molecule has 0 aromatic carbocycles. The zero-order chi connectivity index (χ0) is 13.5.